The number of aryl methyl sites for hydroxylation is 1. The van der Waals surface area contributed by atoms with Crippen molar-refractivity contribution in [3.05, 3.63) is 80.1 Å². The van der Waals surface area contributed by atoms with Crippen molar-refractivity contribution in [3.8, 4) is 11.5 Å². The molecule has 0 radical (unpaired) electrons. The third kappa shape index (κ3) is 3.61. The monoisotopic (exact) mass is 369 g/mol. The van der Waals surface area contributed by atoms with E-state index in [0.29, 0.717) is 17.3 Å². The zero-order valence-electron chi connectivity index (χ0n) is 14.5. The molecule has 0 N–H and O–H groups in total. The Morgan fingerprint density at radius 1 is 1.33 bits per heavy atom. The van der Waals surface area contributed by atoms with Gasteiger partial charge in [-0.25, -0.2) is 9.78 Å². The number of pyridine rings is 1. The van der Waals surface area contributed by atoms with Crippen molar-refractivity contribution in [1.29, 1.82) is 0 Å². The number of hydrogen-bond acceptors (Lipinski definition) is 7. The Labute approximate surface area is 153 Å². The van der Waals surface area contributed by atoms with Crippen molar-refractivity contribution in [3.63, 3.8) is 0 Å². The molecule has 0 amide bonds. The molecule has 0 fully saturated rings. The number of benzene rings is 1. The van der Waals surface area contributed by atoms with E-state index in [1.807, 2.05) is 30.3 Å². The first-order chi connectivity index (χ1) is 12.9. The summed E-state index contributed by atoms with van der Waals surface area (Å²) in [6.07, 6.45) is 1.06. The molecule has 0 saturated carbocycles. The van der Waals surface area contributed by atoms with E-state index in [2.05, 4.69) is 9.72 Å². The van der Waals surface area contributed by atoms with Gasteiger partial charge in [0.05, 0.1) is 24.8 Å². The van der Waals surface area contributed by atoms with E-state index >= 15 is 0 Å². The van der Waals surface area contributed by atoms with Crippen LogP contribution < -0.4 is 5.56 Å². The maximum atomic E-state index is 12.5. The summed E-state index contributed by atoms with van der Waals surface area (Å²) in [5, 5.41) is 11.1. The van der Waals surface area contributed by atoms with Crippen LogP contribution in [0.4, 0.5) is 5.69 Å². The summed E-state index contributed by atoms with van der Waals surface area (Å²) in [6.45, 7) is 1.59. The number of aromatic nitrogens is 2. The Balaban J connectivity index is 2.04. The maximum absolute atomic E-state index is 12.5. The fourth-order valence-corrected chi connectivity index (χ4v) is 2.53. The predicted octanol–water partition coefficient (Wildman–Crippen LogP) is 2.55. The smallest absolute Gasteiger partial charge is 0.343 e. The lowest BCUT2D eigenvalue weighted by molar-refractivity contribution is -0.385. The van der Waals surface area contributed by atoms with Gasteiger partial charge in [0.1, 0.15) is 17.0 Å². The first-order valence-corrected chi connectivity index (χ1v) is 7.89. The van der Waals surface area contributed by atoms with E-state index in [4.69, 9.17) is 4.42 Å². The van der Waals surface area contributed by atoms with E-state index in [0.717, 1.165) is 29.5 Å². The molecule has 0 atom stereocenters. The van der Waals surface area contributed by atoms with E-state index in [9.17, 15) is 19.7 Å². The third-order valence-electron chi connectivity index (χ3n) is 3.92. The zero-order chi connectivity index (χ0) is 19.6. The van der Waals surface area contributed by atoms with Gasteiger partial charge in [0.2, 0.25) is 5.89 Å². The lowest BCUT2D eigenvalue weighted by Gasteiger charge is -2.06. The molecule has 0 aliphatic rings. The van der Waals surface area contributed by atoms with Crippen molar-refractivity contribution < 1.29 is 18.9 Å². The average molecular weight is 369 g/mol. The van der Waals surface area contributed by atoms with Crippen LogP contribution >= 0.6 is 0 Å². The largest absolute Gasteiger partial charge is 0.465 e. The Hall–Kier alpha value is -3.75. The van der Waals surface area contributed by atoms with E-state index in [1.54, 1.807) is 6.92 Å². The molecule has 0 bridgehead atoms. The highest BCUT2D eigenvalue weighted by molar-refractivity contribution is 5.89. The second kappa shape index (κ2) is 7.24. The molecule has 3 rings (SSSR count). The second-order valence-corrected chi connectivity index (χ2v) is 5.68. The number of esters is 1. The molecule has 138 valence electrons. The van der Waals surface area contributed by atoms with Gasteiger partial charge in [-0.05, 0) is 19.1 Å². The number of nitrogens with zero attached hydrogens (tertiary/aromatic N) is 3. The fraction of sp³-hybridized carbons (Fsp3) is 0.167. The van der Waals surface area contributed by atoms with Crippen LogP contribution in [-0.2, 0) is 11.3 Å². The zero-order valence-corrected chi connectivity index (χ0v) is 14.5. The second-order valence-electron chi connectivity index (χ2n) is 5.68. The molecule has 27 heavy (non-hydrogen) atoms. The minimum atomic E-state index is -0.945. The molecular formula is C18H15N3O6. The Morgan fingerprint density at radius 2 is 2.04 bits per heavy atom. The molecule has 2 aromatic heterocycles. The Morgan fingerprint density at radius 3 is 2.67 bits per heavy atom. The van der Waals surface area contributed by atoms with Gasteiger partial charge in [0.25, 0.3) is 11.2 Å². The molecule has 0 aliphatic carbocycles. The van der Waals surface area contributed by atoms with Crippen molar-refractivity contribution in [2.24, 2.45) is 0 Å². The average Bonchev–Trinajstić information content (AvgIpc) is 3.03. The van der Waals surface area contributed by atoms with Crippen LogP contribution in [0.15, 0.2) is 51.8 Å². The highest BCUT2D eigenvalue weighted by Crippen LogP contribution is 2.22. The minimum Gasteiger partial charge on any atom is -0.465 e. The molecule has 0 aliphatic heterocycles. The maximum Gasteiger partial charge on any atom is 0.343 e. The lowest BCUT2D eigenvalue weighted by Crippen LogP contribution is -2.27. The number of nitro groups is 1. The van der Waals surface area contributed by atoms with E-state index in [-0.39, 0.29) is 6.54 Å². The number of carbonyl (C=O) groups is 1. The first-order valence-electron chi connectivity index (χ1n) is 7.89. The highest BCUT2D eigenvalue weighted by Gasteiger charge is 2.21. The number of hydrogen-bond donors (Lipinski definition) is 0. The topological polar surface area (TPSA) is 117 Å². The van der Waals surface area contributed by atoms with Crippen LogP contribution in [0.25, 0.3) is 11.5 Å². The van der Waals surface area contributed by atoms with Gasteiger partial charge in [0.15, 0.2) is 0 Å². The SMILES string of the molecule is COC(=O)c1cc([N+](=O)[O-])cn(Cc2nc(-c3ccccc3)oc2C)c1=O. The van der Waals surface area contributed by atoms with E-state index < -0.39 is 27.7 Å². The quantitative estimate of drug-likeness (QED) is 0.385. The number of rotatable bonds is 5. The summed E-state index contributed by atoms with van der Waals surface area (Å²) in [6, 6.07) is 10.1. The van der Waals surface area contributed by atoms with Crippen LogP contribution in [0.2, 0.25) is 0 Å². The Bertz CT molecular complexity index is 1070. The van der Waals surface area contributed by atoms with Crippen molar-refractivity contribution in [1.82, 2.24) is 9.55 Å². The molecule has 3 aromatic rings. The molecule has 1 aromatic carbocycles. The summed E-state index contributed by atoms with van der Waals surface area (Å²) in [4.78, 5) is 39.1. The molecule has 9 nitrogen and oxygen atoms in total. The standard InChI is InChI=1S/C18H15N3O6/c1-11-15(19-16(27-11)12-6-4-3-5-7-12)10-20-9-13(21(24)25)8-14(17(20)22)18(23)26-2/h3-9H,10H2,1-2H3. The predicted molar refractivity (Wildman–Crippen MR) is 94.5 cm³/mol. The van der Waals surface area contributed by atoms with Crippen LogP contribution in [0.1, 0.15) is 21.8 Å². The van der Waals surface area contributed by atoms with Gasteiger partial charge in [-0.3, -0.25) is 14.9 Å². The number of methoxy groups -OCH3 is 1. The van der Waals surface area contributed by atoms with Crippen LogP contribution in [-0.4, -0.2) is 27.6 Å². The minimum absolute atomic E-state index is 0.0906. The van der Waals surface area contributed by atoms with Gasteiger partial charge in [-0.1, -0.05) is 18.2 Å². The van der Waals surface area contributed by atoms with Gasteiger partial charge >= 0.3 is 5.97 Å². The van der Waals surface area contributed by atoms with Crippen LogP contribution in [0, 0.1) is 17.0 Å². The summed E-state index contributed by atoms with van der Waals surface area (Å²) in [7, 11) is 1.10. The van der Waals surface area contributed by atoms with Crippen molar-refractivity contribution >= 4 is 11.7 Å². The van der Waals surface area contributed by atoms with Crippen molar-refractivity contribution in [2.75, 3.05) is 7.11 Å². The molecule has 9 heteroatoms. The van der Waals surface area contributed by atoms with Gasteiger partial charge in [-0.2, -0.15) is 0 Å². The van der Waals surface area contributed by atoms with E-state index in [1.165, 1.54) is 0 Å². The molecule has 0 unspecified atom stereocenters. The molecular weight excluding hydrogens is 354 g/mol. The number of oxazole rings is 1. The molecule has 0 spiro atoms. The van der Waals surface area contributed by atoms with Gasteiger partial charge in [0, 0.05) is 11.6 Å². The number of carbonyl (C=O) groups excluding carboxylic acids is 1. The molecule has 2 heterocycles. The summed E-state index contributed by atoms with van der Waals surface area (Å²) < 4.78 is 11.2. The summed E-state index contributed by atoms with van der Waals surface area (Å²) in [5.74, 6) is -0.110. The Kier molecular flexibility index (Phi) is 4.84. The van der Waals surface area contributed by atoms with Crippen LogP contribution in [0.5, 0.6) is 0 Å². The normalized spacial score (nSPS) is 10.6. The summed E-state index contributed by atoms with van der Waals surface area (Å²) in [5.41, 5.74) is -0.354. The summed E-state index contributed by atoms with van der Waals surface area (Å²) >= 11 is 0. The van der Waals surface area contributed by atoms with Crippen molar-refractivity contribution in [2.45, 2.75) is 13.5 Å². The lowest BCUT2D eigenvalue weighted by atomic mass is 10.2. The first kappa shape index (κ1) is 18.1. The van der Waals surface area contributed by atoms with Gasteiger partial charge < -0.3 is 13.7 Å². The fourth-order valence-electron chi connectivity index (χ4n) is 2.53. The number of ether oxygens (including phenoxy) is 1. The third-order valence-corrected chi connectivity index (χ3v) is 3.92. The highest BCUT2D eigenvalue weighted by atomic mass is 16.6. The van der Waals surface area contributed by atoms with Crippen LogP contribution in [0.3, 0.4) is 0 Å². The van der Waals surface area contributed by atoms with Gasteiger partial charge in [-0.15, -0.1) is 0 Å². The molecule has 0 saturated heterocycles.